The summed E-state index contributed by atoms with van der Waals surface area (Å²) in [4.78, 5) is 24.4. The van der Waals surface area contributed by atoms with E-state index in [1.807, 2.05) is 0 Å². The molecule has 1 aromatic heterocycles. The molecule has 5 heteroatoms. The quantitative estimate of drug-likeness (QED) is 0.683. The maximum atomic E-state index is 12.5. The minimum Gasteiger partial charge on any atom is -0.295 e. The van der Waals surface area contributed by atoms with Crippen LogP contribution in [0.15, 0.2) is 47.3 Å². The third kappa shape index (κ3) is 2.17. The van der Waals surface area contributed by atoms with Crippen molar-refractivity contribution in [2.45, 2.75) is 0 Å². The maximum Gasteiger partial charge on any atom is 0.328 e. The molecule has 21 heavy (non-hydrogen) atoms. The van der Waals surface area contributed by atoms with Gasteiger partial charge in [0.1, 0.15) is 0 Å². The van der Waals surface area contributed by atoms with E-state index in [2.05, 4.69) is 0 Å². The van der Waals surface area contributed by atoms with E-state index in [9.17, 15) is 9.59 Å². The van der Waals surface area contributed by atoms with Gasteiger partial charge in [0.2, 0.25) is 0 Å². The highest BCUT2D eigenvalue weighted by Gasteiger charge is 2.13. The van der Waals surface area contributed by atoms with Crippen LogP contribution in [0.25, 0.3) is 11.0 Å². The lowest BCUT2D eigenvalue weighted by Crippen LogP contribution is -2.19. The number of carbonyl (C=O) groups is 1. The molecule has 0 fully saturated rings. The lowest BCUT2D eigenvalue weighted by molar-refractivity contribution is 0.103. The van der Waals surface area contributed by atoms with Crippen LogP contribution >= 0.6 is 11.6 Å². The number of ketones is 1. The number of aromatic nitrogens is 2. The fourth-order valence-corrected chi connectivity index (χ4v) is 2.54. The van der Waals surface area contributed by atoms with Crippen molar-refractivity contribution in [2.75, 3.05) is 0 Å². The molecule has 0 saturated carbocycles. The summed E-state index contributed by atoms with van der Waals surface area (Å²) >= 11 is 5.83. The summed E-state index contributed by atoms with van der Waals surface area (Å²) in [5, 5.41) is 0.590. The molecule has 0 bridgehead atoms. The predicted octanol–water partition coefficient (Wildman–Crippen LogP) is 2.76. The Balaban J connectivity index is 2.13. The van der Waals surface area contributed by atoms with E-state index in [-0.39, 0.29) is 11.5 Å². The zero-order valence-corrected chi connectivity index (χ0v) is 12.4. The van der Waals surface area contributed by atoms with Crippen molar-refractivity contribution in [1.82, 2.24) is 9.13 Å². The van der Waals surface area contributed by atoms with Crippen molar-refractivity contribution in [3.05, 3.63) is 69.1 Å². The van der Waals surface area contributed by atoms with Gasteiger partial charge in [-0.3, -0.25) is 13.9 Å². The van der Waals surface area contributed by atoms with Crippen molar-refractivity contribution in [3.8, 4) is 0 Å². The monoisotopic (exact) mass is 300 g/mol. The largest absolute Gasteiger partial charge is 0.328 e. The summed E-state index contributed by atoms with van der Waals surface area (Å²) in [6.45, 7) is 0. The van der Waals surface area contributed by atoms with Gasteiger partial charge in [-0.1, -0.05) is 11.6 Å². The van der Waals surface area contributed by atoms with Gasteiger partial charge in [-0.25, -0.2) is 4.79 Å². The standard InChI is InChI=1S/C16H13ClN2O2/c1-18-13-8-5-11(9-14(13)19(2)16(18)21)15(20)10-3-6-12(17)7-4-10/h3-9H,1-2H3. The zero-order chi connectivity index (χ0) is 15.1. The van der Waals surface area contributed by atoms with Crippen LogP contribution in [0.5, 0.6) is 0 Å². The fourth-order valence-electron chi connectivity index (χ4n) is 2.42. The topological polar surface area (TPSA) is 44.0 Å². The van der Waals surface area contributed by atoms with E-state index in [0.29, 0.717) is 16.1 Å². The lowest BCUT2D eigenvalue weighted by atomic mass is 10.0. The highest BCUT2D eigenvalue weighted by atomic mass is 35.5. The Morgan fingerprint density at radius 1 is 0.905 bits per heavy atom. The number of hydrogen-bond acceptors (Lipinski definition) is 2. The summed E-state index contributed by atoms with van der Waals surface area (Å²) < 4.78 is 3.10. The summed E-state index contributed by atoms with van der Waals surface area (Å²) in [6.07, 6.45) is 0. The Labute approximate surface area is 126 Å². The van der Waals surface area contributed by atoms with Gasteiger partial charge in [0.25, 0.3) is 0 Å². The van der Waals surface area contributed by atoms with Crippen LogP contribution in [0.4, 0.5) is 0 Å². The molecule has 0 aliphatic heterocycles. The Bertz CT molecular complexity index is 904. The zero-order valence-electron chi connectivity index (χ0n) is 11.6. The molecule has 0 unspecified atom stereocenters. The molecule has 0 spiro atoms. The molecule has 0 amide bonds. The second kappa shape index (κ2) is 4.90. The normalized spacial score (nSPS) is 11.0. The smallest absolute Gasteiger partial charge is 0.295 e. The van der Waals surface area contributed by atoms with Crippen LogP contribution < -0.4 is 5.69 Å². The SMILES string of the molecule is Cn1c(=O)n(C)c2cc(C(=O)c3ccc(Cl)cc3)ccc21. The summed E-state index contributed by atoms with van der Waals surface area (Å²) in [5.74, 6) is -0.0927. The molecule has 0 atom stereocenters. The minimum atomic E-state index is -0.110. The van der Waals surface area contributed by atoms with E-state index >= 15 is 0 Å². The highest BCUT2D eigenvalue weighted by molar-refractivity contribution is 6.30. The van der Waals surface area contributed by atoms with E-state index in [1.165, 1.54) is 4.57 Å². The number of fused-ring (bicyclic) bond motifs is 1. The van der Waals surface area contributed by atoms with Gasteiger partial charge in [-0.05, 0) is 42.5 Å². The van der Waals surface area contributed by atoms with E-state index in [4.69, 9.17) is 11.6 Å². The molecule has 0 aliphatic carbocycles. The number of rotatable bonds is 2. The summed E-state index contributed by atoms with van der Waals surface area (Å²) in [6, 6.07) is 12.0. The number of halogens is 1. The third-order valence-electron chi connectivity index (χ3n) is 3.64. The molecule has 1 heterocycles. The molecule has 0 radical (unpaired) electrons. The molecule has 3 rings (SSSR count). The number of imidazole rings is 1. The van der Waals surface area contributed by atoms with Gasteiger partial charge in [-0.15, -0.1) is 0 Å². The Kier molecular flexibility index (Phi) is 3.18. The molecule has 2 aromatic carbocycles. The van der Waals surface area contributed by atoms with Crippen molar-refractivity contribution >= 4 is 28.4 Å². The predicted molar refractivity (Wildman–Crippen MR) is 83.0 cm³/mol. The molecule has 0 saturated heterocycles. The number of nitrogens with zero attached hydrogens (tertiary/aromatic N) is 2. The van der Waals surface area contributed by atoms with E-state index in [0.717, 1.165) is 11.0 Å². The molecule has 3 aromatic rings. The van der Waals surface area contributed by atoms with Crippen molar-refractivity contribution in [1.29, 1.82) is 0 Å². The number of aryl methyl sites for hydroxylation is 2. The molecule has 106 valence electrons. The van der Waals surface area contributed by atoms with Crippen LogP contribution in [-0.4, -0.2) is 14.9 Å². The van der Waals surface area contributed by atoms with Gasteiger partial charge < -0.3 is 0 Å². The van der Waals surface area contributed by atoms with Gasteiger partial charge >= 0.3 is 5.69 Å². The average molecular weight is 301 g/mol. The average Bonchev–Trinajstić information content (AvgIpc) is 2.72. The summed E-state index contributed by atoms with van der Waals surface area (Å²) in [7, 11) is 3.41. The first kappa shape index (κ1) is 13.6. The second-order valence-electron chi connectivity index (χ2n) is 4.94. The number of hydrogen-bond donors (Lipinski definition) is 0. The number of benzene rings is 2. The Morgan fingerprint density at radius 3 is 2.14 bits per heavy atom. The van der Waals surface area contributed by atoms with Gasteiger partial charge in [0.05, 0.1) is 11.0 Å². The van der Waals surface area contributed by atoms with Crippen LogP contribution in [0.1, 0.15) is 15.9 Å². The minimum absolute atomic E-state index is 0.0927. The number of carbonyl (C=O) groups excluding carboxylic acids is 1. The van der Waals surface area contributed by atoms with Crippen LogP contribution in [0.2, 0.25) is 5.02 Å². The van der Waals surface area contributed by atoms with Crippen molar-refractivity contribution < 1.29 is 4.79 Å². The molecule has 4 nitrogen and oxygen atoms in total. The van der Waals surface area contributed by atoms with Crippen LogP contribution in [0.3, 0.4) is 0 Å². The molecular formula is C16H13ClN2O2. The molecular weight excluding hydrogens is 288 g/mol. The highest BCUT2D eigenvalue weighted by Crippen LogP contribution is 2.18. The Hall–Kier alpha value is -2.33. The fraction of sp³-hybridized carbons (Fsp3) is 0.125. The van der Waals surface area contributed by atoms with Crippen LogP contribution in [-0.2, 0) is 14.1 Å². The van der Waals surface area contributed by atoms with Crippen LogP contribution in [0, 0.1) is 0 Å². The maximum absolute atomic E-state index is 12.5. The first-order chi connectivity index (χ1) is 9.99. The third-order valence-corrected chi connectivity index (χ3v) is 3.89. The van der Waals surface area contributed by atoms with E-state index < -0.39 is 0 Å². The lowest BCUT2D eigenvalue weighted by Gasteiger charge is -2.03. The van der Waals surface area contributed by atoms with Crippen molar-refractivity contribution in [2.24, 2.45) is 14.1 Å². The summed E-state index contributed by atoms with van der Waals surface area (Å²) in [5.41, 5.74) is 2.55. The van der Waals surface area contributed by atoms with Gasteiger partial charge in [0.15, 0.2) is 5.78 Å². The Morgan fingerprint density at radius 2 is 1.48 bits per heavy atom. The van der Waals surface area contributed by atoms with Crippen molar-refractivity contribution in [3.63, 3.8) is 0 Å². The second-order valence-corrected chi connectivity index (χ2v) is 5.38. The first-order valence-corrected chi connectivity index (χ1v) is 6.82. The molecule has 0 N–H and O–H groups in total. The van der Waals surface area contributed by atoms with Gasteiger partial charge in [0, 0.05) is 30.2 Å². The first-order valence-electron chi connectivity index (χ1n) is 6.45. The molecule has 0 aliphatic rings. The van der Waals surface area contributed by atoms with Gasteiger partial charge in [-0.2, -0.15) is 0 Å². The van der Waals surface area contributed by atoms with E-state index in [1.54, 1.807) is 61.1 Å².